The maximum Gasteiger partial charge on any atom is 0.191 e. The van der Waals surface area contributed by atoms with E-state index in [4.69, 9.17) is 4.74 Å². The van der Waals surface area contributed by atoms with E-state index in [1.807, 2.05) is 6.92 Å². The molecule has 1 aromatic heterocycles. The van der Waals surface area contributed by atoms with Crippen molar-refractivity contribution < 1.29 is 9.84 Å². The highest BCUT2D eigenvalue weighted by Crippen LogP contribution is 2.19. The standard InChI is InChI=1S/C15H25N3O2S/c1-3-16-14(17-10-13-5-4-12(2)21-13)18-11-15(19)6-8-20-9-7-15/h4-5,19H,3,6-11H2,1-2H3,(H2,16,17,18). The fourth-order valence-corrected chi connectivity index (χ4v) is 3.06. The number of nitrogens with one attached hydrogen (secondary N) is 2. The summed E-state index contributed by atoms with van der Waals surface area (Å²) in [5.41, 5.74) is -0.687. The Bertz CT molecular complexity index is 467. The number of thiophene rings is 1. The fraction of sp³-hybridized carbons (Fsp3) is 0.667. The summed E-state index contributed by atoms with van der Waals surface area (Å²) in [5, 5.41) is 16.9. The Labute approximate surface area is 130 Å². The van der Waals surface area contributed by atoms with E-state index in [0.717, 1.165) is 12.5 Å². The molecule has 1 saturated heterocycles. The lowest BCUT2D eigenvalue weighted by Gasteiger charge is -2.32. The van der Waals surface area contributed by atoms with Gasteiger partial charge in [0.05, 0.1) is 12.1 Å². The molecule has 1 aliphatic heterocycles. The predicted octanol–water partition coefficient (Wildman–Crippen LogP) is 1.65. The SMILES string of the molecule is CCNC(=NCc1ccc(C)s1)NCC1(O)CCOCC1. The molecule has 0 unspecified atom stereocenters. The summed E-state index contributed by atoms with van der Waals surface area (Å²) < 4.78 is 5.29. The van der Waals surface area contributed by atoms with E-state index < -0.39 is 5.60 Å². The summed E-state index contributed by atoms with van der Waals surface area (Å²) in [6, 6.07) is 4.22. The first-order valence-electron chi connectivity index (χ1n) is 7.49. The molecule has 0 spiro atoms. The Kier molecular flexibility index (Phi) is 6.02. The van der Waals surface area contributed by atoms with Crippen LogP contribution in [0.4, 0.5) is 0 Å². The zero-order chi connectivity index (χ0) is 15.1. The summed E-state index contributed by atoms with van der Waals surface area (Å²) in [7, 11) is 0. The van der Waals surface area contributed by atoms with Gasteiger partial charge in [-0.25, -0.2) is 4.99 Å². The molecule has 0 radical (unpaired) electrons. The molecule has 0 aromatic carbocycles. The summed E-state index contributed by atoms with van der Waals surface area (Å²) in [4.78, 5) is 7.12. The molecule has 3 N–H and O–H groups in total. The van der Waals surface area contributed by atoms with Gasteiger partial charge in [0, 0.05) is 48.9 Å². The van der Waals surface area contributed by atoms with Crippen LogP contribution in [0.2, 0.25) is 0 Å². The summed E-state index contributed by atoms with van der Waals surface area (Å²) in [6.07, 6.45) is 1.34. The molecule has 0 saturated carbocycles. The van der Waals surface area contributed by atoms with Crippen molar-refractivity contribution in [2.24, 2.45) is 4.99 Å². The van der Waals surface area contributed by atoms with Crippen LogP contribution in [0, 0.1) is 6.92 Å². The molecule has 0 aliphatic carbocycles. The molecule has 2 heterocycles. The van der Waals surface area contributed by atoms with Crippen molar-refractivity contribution in [2.75, 3.05) is 26.3 Å². The minimum Gasteiger partial charge on any atom is -0.388 e. The highest BCUT2D eigenvalue weighted by Gasteiger charge is 2.29. The van der Waals surface area contributed by atoms with Gasteiger partial charge in [-0.2, -0.15) is 0 Å². The Balaban J connectivity index is 1.88. The van der Waals surface area contributed by atoms with Gasteiger partial charge in [-0.15, -0.1) is 11.3 Å². The lowest BCUT2D eigenvalue weighted by Crippen LogP contribution is -2.49. The molecule has 1 aliphatic rings. The minimum atomic E-state index is -0.687. The van der Waals surface area contributed by atoms with Crippen molar-refractivity contribution in [3.05, 3.63) is 21.9 Å². The zero-order valence-corrected chi connectivity index (χ0v) is 13.6. The Morgan fingerprint density at radius 3 is 2.76 bits per heavy atom. The van der Waals surface area contributed by atoms with Gasteiger partial charge in [0.2, 0.25) is 0 Å². The second kappa shape index (κ2) is 7.77. The Morgan fingerprint density at radius 2 is 2.14 bits per heavy atom. The molecule has 1 aromatic rings. The van der Waals surface area contributed by atoms with Gasteiger partial charge in [-0.3, -0.25) is 0 Å². The molecule has 0 bridgehead atoms. The average Bonchev–Trinajstić information content (AvgIpc) is 2.88. The summed E-state index contributed by atoms with van der Waals surface area (Å²) >= 11 is 1.76. The topological polar surface area (TPSA) is 65.9 Å². The van der Waals surface area contributed by atoms with Crippen LogP contribution in [0.15, 0.2) is 17.1 Å². The lowest BCUT2D eigenvalue weighted by atomic mass is 9.94. The van der Waals surface area contributed by atoms with Crippen molar-refractivity contribution in [3.63, 3.8) is 0 Å². The Morgan fingerprint density at radius 1 is 1.38 bits per heavy atom. The van der Waals surface area contributed by atoms with Gasteiger partial charge in [0.25, 0.3) is 0 Å². The van der Waals surface area contributed by atoms with E-state index >= 15 is 0 Å². The van der Waals surface area contributed by atoms with Crippen molar-refractivity contribution in [3.8, 4) is 0 Å². The second-order valence-corrected chi connectivity index (χ2v) is 6.77. The number of aliphatic hydroxyl groups is 1. The molecular formula is C15H25N3O2S. The van der Waals surface area contributed by atoms with Crippen molar-refractivity contribution in [1.82, 2.24) is 10.6 Å². The van der Waals surface area contributed by atoms with Crippen LogP contribution in [0.1, 0.15) is 29.5 Å². The first kappa shape index (κ1) is 16.3. The molecule has 0 amide bonds. The van der Waals surface area contributed by atoms with Gasteiger partial charge in [-0.1, -0.05) is 0 Å². The average molecular weight is 311 g/mol. The van der Waals surface area contributed by atoms with Gasteiger partial charge in [-0.05, 0) is 26.0 Å². The van der Waals surface area contributed by atoms with E-state index in [-0.39, 0.29) is 0 Å². The third-order valence-corrected chi connectivity index (χ3v) is 4.53. The van der Waals surface area contributed by atoms with E-state index in [1.54, 1.807) is 11.3 Å². The molecule has 21 heavy (non-hydrogen) atoms. The van der Waals surface area contributed by atoms with Crippen LogP contribution < -0.4 is 10.6 Å². The smallest absolute Gasteiger partial charge is 0.191 e. The van der Waals surface area contributed by atoms with Crippen LogP contribution >= 0.6 is 11.3 Å². The lowest BCUT2D eigenvalue weighted by molar-refractivity contribution is -0.0594. The zero-order valence-electron chi connectivity index (χ0n) is 12.8. The third kappa shape index (κ3) is 5.30. The van der Waals surface area contributed by atoms with Crippen LogP contribution in [0.25, 0.3) is 0 Å². The third-order valence-electron chi connectivity index (χ3n) is 3.54. The molecule has 0 atom stereocenters. The second-order valence-electron chi connectivity index (χ2n) is 5.40. The summed E-state index contributed by atoms with van der Waals surface area (Å²) in [5.74, 6) is 0.753. The van der Waals surface area contributed by atoms with Crippen molar-refractivity contribution in [2.45, 2.75) is 38.8 Å². The molecule has 1 fully saturated rings. The molecular weight excluding hydrogens is 286 g/mol. The van der Waals surface area contributed by atoms with E-state index in [2.05, 4.69) is 34.7 Å². The first-order chi connectivity index (χ1) is 10.1. The number of hydrogen-bond acceptors (Lipinski definition) is 4. The number of rotatable bonds is 5. The number of aryl methyl sites for hydroxylation is 1. The Hall–Kier alpha value is -1.11. The monoisotopic (exact) mass is 311 g/mol. The van der Waals surface area contributed by atoms with Crippen molar-refractivity contribution in [1.29, 1.82) is 0 Å². The number of aliphatic imine (C=N–C) groups is 1. The van der Waals surface area contributed by atoms with E-state index in [1.165, 1.54) is 9.75 Å². The summed E-state index contributed by atoms with van der Waals surface area (Å²) in [6.45, 7) is 7.36. The number of ether oxygens (including phenoxy) is 1. The highest BCUT2D eigenvalue weighted by molar-refractivity contribution is 7.11. The molecule has 6 heteroatoms. The quantitative estimate of drug-likeness (QED) is 0.571. The molecule has 118 valence electrons. The highest BCUT2D eigenvalue weighted by atomic mass is 32.1. The number of hydrogen-bond donors (Lipinski definition) is 3. The largest absolute Gasteiger partial charge is 0.388 e. The molecule has 5 nitrogen and oxygen atoms in total. The minimum absolute atomic E-state index is 0.506. The van der Waals surface area contributed by atoms with Gasteiger partial charge in [0.1, 0.15) is 0 Å². The van der Waals surface area contributed by atoms with E-state index in [9.17, 15) is 5.11 Å². The van der Waals surface area contributed by atoms with Gasteiger partial charge >= 0.3 is 0 Å². The normalized spacial score (nSPS) is 18.5. The van der Waals surface area contributed by atoms with E-state index in [0.29, 0.717) is 39.1 Å². The van der Waals surface area contributed by atoms with Crippen LogP contribution in [0.3, 0.4) is 0 Å². The maximum absolute atomic E-state index is 10.5. The fourth-order valence-electron chi connectivity index (χ4n) is 2.25. The predicted molar refractivity (Wildman–Crippen MR) is 86.9 cm³/mol. The van der Waals surface area contributed by atoms with Gasteiger partial charge < -0.3 is 20.5 Å². The van der Waals surface area contributed by atoms with Crippen LogP contribution in [-0.4, -0.2) is 43.0 Å². The number of guanidine groups is 1. The van der Waals surface area contributed by atoms with Crippen LogP contribution in [0.5, 0.6) is 0 Å². The van der Waals surface area contributed by atoms with Crippen LogP contribution in [-0.2, 0) is 11.3 Å². The molecule has 2 rings (SSSR count). The van der Waals surface area contributed by atoms with Gasteiger partial charge in [0.15, 0.2) is 5.96 Å². The number of nitrogens with zero attached hydrogens (tertiary/aromatic N) is 1. The first-order valence-corrected chi connectivity index (χ1v) is 8.30. The maximum atomic E-state index is 10.5. The van der Waals surface area contributed by atoms with Crippen molar-refractivity contribution >= 4 is 17.3 Å².